The number of carbonyl (C=O) groups is 1. The summed E-state index contributed by atoms with van der Waals surface area (Å²) in [6.45, 7) is 0. The van der Waals surface area contributed by atoms with Crippen LogP contribution in [0.4, 0.5) is 27.6 Å². The minimum Gasteiger partial charge on any atom is -0.361 e. The zero-order chi connectivity index (χ0) is 16.0. The quantitative estimate of drug-likeness (QED) is 0.482. The second kappa shape index (κ2) is 4.97. The summed E-state index contributed by atoms with van der Waals surface area (Å²) in [6.07, 6.45) is -1.58. The summed E-state index contributed by atoms with van der Waals surface area (Å²) in [6, 6.07) is 6.03. The number of carbonyl (C=O) groups excluding carboxylic acids is 1. The van der Waals surface area contributed by atoms with E-state index in [1.54, 1.807) is 12.1 Å². The minimum atomic E-state index is -2.25. The summed E-state index contributed by atoms with van der Waals surface area (Å²) >= 11 is 0. The highest BCUT2D eigenvalue weighted by Gasteiger charge is 2.34. The lowest BCUT2D eigenvalue weighted by Crippen LogP contribution is -2.39. The number of para-hydroxylation sites is 1. The van der Waals surface area contributed by atoms with Gasteiger partial charge in [-0.15, -0.1) is 0 Å². The molecule has 0 spiro atoms. The standard InChI is InChI=1S/C14H7F5N2O/c15-8-7(9(16)11(18)12(19)10(8)17)13-20-6-4-2-1-3-5(6)14(22)21-13/h1-4,13,20H,(H,21,22)/t13-/m0/s1. The molecule has 1 aliphatic heterocycles. The van der Waals surface area contributed by atoms with Gasteiger partial charge in [0.25, 0.3) is 5.91 Å². The van der Waals surface area contributed by atoms with Crippen LogP contribution in [0.1, 0.15) is 22.1 Å². The zero-order valence-corrected chi connectivity index (χ0v) is 10.7. The molecule has 2 N–H and O–H groups in total. The number of hydrogen-bond acceptors (Lipinski definition) is 2. The first-order valence-electron chi connectivity index (χ1n) is 6.09. The van der Waals surface area contributed by atoms with Crippen molar-refractivity contribution in [3.63, 3.8) is 0 Å². The molecule has 0 radical (unpaired) electrons. The molecule has 0 unspecified atom stereocenters. The molecule has 0 saturated heterocycles. The predicted molar refractivity (Wildman–Crippen MR) is 66.5 cm³/mol. The Kier molecular flexibility index (Phi) is 3.23. The fourth-order valence-electron chi connectivity index (χ4n) is 2.23. The molecular formula is C14H7F5N2O. The van der Waals surface area contributed by atoms with E-state index in [4.69, 9.17) is 0 Å². The van der Waals surface area contributed by atoms with Gasteiger partial charge >= 0.3 is 0 Å². The van der Waals surface area contributed by atoms with Crippen molar-refractivity contribution in [2.75, 3.05) is 5.32 Å². The number of amides is 1. The third-order valence-electron chi connectivity index (χ3n) is 3.28. The van der Waals surface area contributed by atoms with Crippen molar-refractivity contribution >= 4 is 11.6 Å². The largest absolute Gasteiger partial charge is 0.361 e. The Bertz CT molecular complexity index is 764. The van der Waals surface area contributed by atoms with Gasteiger partial charge in [0.15, 0.2) is 23.3 Å². The van der Waals surface area contributed by atoms with E-state index in [1.165, 1.54) is 12.1 Å². The Labute approximate surface area is 120 Å². The molecule has 1 heterocycles. The van der Waals surface area contributed by atoms with Gasteiger partial charge in [0, 0.05) is 5.69 Å². The van der Waals surface area contributed by atoms with Crippen molar-refractivity contribution in [3.05, 3.63) is 64.5 Å². The number of benzene rings is 2. The molecule has 22 heavy (non-hydrogen) atoms. The molecule has 2 aromatic rings. The maximum absolute atomic E-state index is 13.8. The first-order valence-corrected chi connectivity index (χ1v) is 6.09. The van der Waals surface area contributed by atoms with Crippen LogP contribution in [0.3, 0.4) is 0 Å². The first kappa shape index (κ1) is 14.3. The van der Waals surface area contributed by atoms with Gasteiger partial charge in [-0.3, -0.25) is 4.79 Å². The molecule has 1 aliphatic rings. The first-order chi connectivity index (χ1) is 10.4. The third kappa shape index (κ3) is 1.99. The van der Waals surface area contributed by atoms with Gasteiger partial charge in [-0.05, 0) is 12.1 Å². The lowest BCUT2D eigenvalue weighted by molar-refractivity contribution is 0.0934. The van der Waals surface area contributed by atoms with E-state index in [2.05, 4.69) is 10.6 Å². The van der Waals surface area contributed by atoms with Crippen LogP contribution >= 0.6 is 0 Å². The summed E-state index contributed by atoms with van der Waals surface area (Å²) in [4.78, 5) is 11.9. The Morgan fingerprint density at radius 2 is 1.32 bits per heavy atom. The molecule has 0 aromatic heterocycles. The normalized spacial score (nSPS) is 16.8. The maximum atomic E-state index is 13.8. The van der Waals surface area contributed by atoms with E-state index in [0.717, 1.165) is 0 Å². The minimum absolute atomic E-state index is 0.197. The highest BCUT2D eigenvalue weighted by molar-refractivity contribution is 6.01. The van der Waals surface area contributed by atoms with Crippen LogP contribution in [-0.2, 0) is 0 Å². The molecule has 8 heteroatoms. The maximum Gasteiger partial charge on any atom is 0.255 e. The molecule has 0 aliphatic carbocycles. The molecule has 0 saturated carbocycles. The van der Waals surface area contributed by atoms with Gasteiger partial charge in [0.05, 0.1) is 11.1 Å². The zero-order valence-electron chi connectivity index (χ0n) is 10.7. The fourth-order valence-corrected chi connectivity index (χ4v) is 2.23. The van der Waals surface area contributed by atoms with Crippen LogP contribution in [0, 0.1) is 29.1 Å². The van der Waals surface area contributed by atoms with E-state index in [1.807, 2.05) is 0 Å². The van der Waals surface area contributed by atoms with Crippen LogP contribution in [-0.4, -0.2) is 5.91 Å². The third-order valence-corrected chi connectivity index (χ3v) is 3.28. The topological polar surface area (TPSA) is 41.1 Å². The number of rotatable bonds is 1. The molecule has 1 atom stereocenters. The van der Waals surface area contributed by atoms with Gasteiger partial charge in [-0.1, -0.05) is 12.1 Å². The Morgan fingerprint density at radius 1 is 0.773 bits per heavy atom. The summed E-state index contributed by atoms with van der Waals surface area (Å²) in [5.74, 6) is -11.1. The Balaban J connectivity index is 2.13. The number of hydrogen-bond donors (Lipinski definition) is 2. The monoisotopic (exact) mass is 314 g/mol. The summed E-state index contributed by atoms with van der Waals surface area (Å²) in [7, 11) is 0. The van der Waals surface area contributed by atoms with Crippen molar-refractivity contribution in [2.24, 2.45) is 0 Å². The number of anilines is 1. The second-order valence-corrected chi connectivity index (χ2v) is 4.58. The highest BCUT2D eigenvalue weighted by atomic mass is 19.2. The van der Waals surface area contributed by atoms with Crippen LogP contribution in [0.2, 0.25) is 0 Å². The van der Waals surface area contributed by atoms with Crippen molar-refractivity contribution in [1.29, 1.82) is 0 Å². The molecule has 114 valence electrons. The van der Waals surface area contributed by atoms with Crippen LogP contribution in [0.5, 0.6) is 0 Å². The number of halogens is 5. The molecule has 3 rings (SSSR count). The van der Waals surface area contributed by atoms with Crippen molar-refractivity contribution < 1.29 is 26.7 Å². The average Bonchev–Trinajstić information content (AvgIpc) is 2.51. The van der Waals surface area contributed by atoms with E-state index >= 15 is 0 Å². The smallest absolute Gasteiger partial charge is 0.255 e. The van der Waals surface area contributed by atoms with Crippen LogP contribution in [0.15, 0.2) is 24.3 Å². The SMILES string of the molecule is O=C1N[C@@H](c2c(F)c(F)c(F)c(F)c2F)Nc2ccccc21. The summed E-state index contributed by atoms with van der Waals surface area (Å²) in [5, 5.41) is 4.69. The average molecular weight is 314 g/mol. The van der Waals surface area contributed by atoms with E-state index in [9.17, 15) is 26.7 Å². The van der Waals surface area contributed by atoms with Gasteiger partial charge in [-0.2, -0.15) is 0 Å². The van der Waals surface area contributed by atoms with E-state index in [-0.39, 0.29) is 11.3 Å². The molecule has 3 nitrogen and oxygen atoms in total. The van der Waals surface area contributed by atoms with Crippen molar-refractivity contribution in [3.8, 4) is 0 Å². The lowest BCUT2D eigenvalue weighted by Gasteiger charge is -2.28. The fraction of sp³-hybridized carbons (Fsp3) is 0.0714. The molecule has 2 aromatic carbocycles. The molecule has 0 fully saturated rings. The van der Waals surface area contributed by atoms with Crippen LogP contribution in [0.25, 0.3) is 0 Å². The van der Waals surface area contributed by atoms with Gasteiger partial charge in [0.1, 0.15) is 6.17 Å². The Hall–Kier alpha value is -2.64. The van der Waals surface area contributed by atoms with E-state index in [0.29, 0.717) is 0 Å². The number of nitrogens with one attached hydrogen (secondary N) is 2. The van der Waals surface area contributed by atoms with Gasteiger partial charge in [-0.25, -0.2) is 22.0 Å². The number of fused-ring (bicyclic) bond motifs is 1. The van der Waals surface area contributed by atoms with Crippen molar-refractivity contribution in [2.45, 2.75) is 6.17 Å². The van der Waals surface area contributed by atoms with Gasteiger partial charge < -0.3 is 10.6 Å². The molecular weight excluding hydrogens is 307 g/mol. The highest BCUT2D eigenvalue weighted by Crippen LogP contribution is 2.32. The predicted octanol–water partition coefficient (Wildman–Crippen LogP) is 3.24. The second-order valence-electron chi connectivity index (χ2n) is 4.58. The lowest BCUT2D eigenvalue weighted by atomic mass is 10.0. The summed E-state index contributed by atoms with van der Waals surface area (Å²) in [5.41, 5.74) is -0.720. The van der Waals surface area contributed by atoms with Crippen molar-refractivity contribution in [1.82, 2.24) is 5.32 Å². The molecule has 1 amide bonds. The van der Waals surface area contributed by atoms with E-state index < -0.39 is 46.7 Å². The molecule has 0 bridgehead atoms. The Morgan fingerprint density at radius 3 is 1.95 bits per heavy atom. The summed E-state index contributed by atoms with van der Waals surface area (Å²) < 4.78 is 67.1. The van der Waals surface area contributed by atoms with Gasteiger partial charge in [0.2, 0.25) is 5.82 Å². The van der Waals surface area contributed by atoms with Crippen LogP contribution < -0.4 is 10.6 Å².